The lowest BCUT2D eigenvalue weighted by atomic mass is 10.0. The van der Waals surface area contributed by atoms with E-state index in [0.717, 1.165) is 6.42 Å². The fourth-order valence-electron chi connectivity index (χ4n) is 4.30. The fraction of sp³-hybridized carbons (Fsp3) is 0.318. The van der Waals surface area contributed by atoms with Crippen LogP contribution < -0.4 is 16.4 Å². The first-order valence-electron chi connectivity index (χ1n) is 10.2. The van der Waals surface area contributed by atoms with Crippen LogP contribution in [0.3, 0.4) is 0 Å². The highest BCUT2D eigenvalue weighted by atomic mass is 79.9. The summed E-state index contributed by atoms with van der Waals surface area (Å²) < 4.78 is 0.605. The van der Waals surface area contributed by atoms with Gasteiger partial charge < -0.3 is 21.3 Å². The topological polar surface area (TPSA) is 141 Å². The Morgan fingerprint density at radius 2 is 1.97 bits per heavy atom. The molecule has 0 spiro atoms. The number of carbonyl (C=O) groups is 3. The number of anilines is 2. The minimum Gasteiger partial charge on any atom is -0.376 e. The van der Waals surface area contributed by atoms with Gasteiger partial charge in [0.1, 0.15) is 22.2 Å². The SMILES string of the molecule is C[C@]12CC1N(C(=O)CNc1ccccc1C(=N)C(N)=O)[C@H](C(=O)Nc1cccc(Br)n1)C2. The van der Waals surface area contributed by atoms with Gasteiger partial charge in [-0.25, -0.2) is 4.98 Å². The van der Waals surface area contributed by atoms with E-state index in [4.69, 9.17) is 11.1 Å². The molecular formula is C22H23BrN6O3. The molecule has 32 heavy (non-hydrogen) atoms. The van der Waals surface area contributed by atoms with Gasteiger partial charge >= 0.3 is 0 Å². The second-order valence-corrected chi connectivity index (χ2v) is 9.18. The largest absolute Gasteiger partial charge is 0.376 e. The second-order valence-electron chi connectivity index (χ2n) is 8.37. The van der Waals surface area contributed by atoms with Crippen LogP contribution in [0, 0.1) is 10.8 Å². The predicted octanol–water partition coefficient (Wildman–Crippen LogP) is 2.13. The summed E-state index contributed by atoms with van der Waals surface area (Å²) in [7, 11) is 0. The molecule has 2 aromatic rings. The average Bonchev–Trinajstić information content (AvgIpc) is 3.32. The molecule has 1 saturated carbocycles. The van der Waals surface area contributed by atoms with E-state index >= 15 is 0 Å². The lowest BCUT2D eigenvalue weighted by Crippen LogP contribution is -2.47. The smallest absolute Gasteiger partial charge is 0.267 e. The number of nitrogens with zero attached hydrogens (tertiary/aromatic N) is 2. The van der Waals surface area contributed by atoms with Crippen molar-refractivity contribution < 1.29 is 14.4 Å². The average molecular weight is 499 g/mol. The van der Waals surface area contributed by atoms with E-state index in [1.807, 2.05) is 0 Å². The van der Waals surface area contributed by atoms with Crippen molar-refractivity contribution in [3.63, 3.8) is 0 Å². The number of fused-ring (bicyclic) bond motifs is 1. The van der Waals surface area contributed by atoms with Crippen molar-refractivity contribution >= 4 is 50.9 Å². The number of nitrogens with one attached hydrogen (secondary N) is 3. The summed E-state index contributed by atoms with van der Waals surface area (Å²) in [4.78, 5) is 43.4. The molecule has 166 valence electrons. The van der Waals surface area contributed by atoms with Crippen LogP contribution in [0.5, 0.6) is 0 Å². The maximum Gasteiger partial charge on any atom is 0.267 e. The monoisotopic (exact) mass is 498 g/mol. The molecule has 1 aromatic carbocycles. The number of rotatable bonds is 7. The van der Waals surface area contributed by atoms with Crippen molar-refractivity contribution in [3.8, 4) is 0 Å². The van der Waals surface area contributed by atoms with E-state index in [1.165, 1.54) is 0 Å². The molecule has 2 aliphatic rings. The van der Waals surface area contributed by atoms with E-state index in [1.54, 1.807) is 47.4 Å². The van der Waals surface area contributed by atoms with Gasteiger partial charge in [-0.15, -0.1) is 0 Å². The zero-order valence-electron chi connectivity index (χ0n) is 17.4. The number of amides is 3. The molecule has 1 saturated heterocycles. The summed E-state index contributed by atoms with van der Waals surface area (Å²) in [5.74, 6) is -0.927. The molecule has 1 aliphatic heterocycles. The summed E-state index contributed by atoms with van der Waals surface area (Å²) in [6.45, 7) is 2.01. The fourth-order valence-corrected chi connectivity index (χ4v) is 4.64. The van der Waals surface area contributed by atoms with Crippen LogP contribution >= 0.6 is 15.9 Å². The van der Waals surface area contributed by atoms with Crippen molar-refractivity contribution in [2.24, 2.45) is 11.1 Å². The van der Waals surface area contributed by atoms with E-state index in [0.29, 0.717) is 28.1 Å². The van der Waals surface area contributed by atoms with Gasteiger partial charge in [0.2, 0.25) is 11.8 Å². The van der Waals surface area contributed by atoms with Gasteiger partial charge in [0.15, 0.2) is 0 Å². The summed E-state index contributed by atoms with van der Waals surface area (Å²) in [5, 5.41) is 13.7. The molecule has 4 rings (SSSR count). The van der Waals surface area contributed by atoms with Crippen LogP contribution in [-0.2, 0) is 14.4 Å². The number of halogens is 1. The van der Waals surface area contributed by atoms with Crippen molar-refractivity contribution in [1.82, 2.24) is 9.88 Å². The summed E-state index contributed by atoms with van der Waals surface area (Å²) in [6, 6.07) is 11.3. The quantitative estimate of drug-likeness (QED) is 0.341. The number of nitrogens with two attached hydrogens (primary N) is 1. The van der Waals surface area contributed by atoms with Crippen LogP contribution in [0.1, 0.15) is 25.3 Å². The summed E-state index contributed by atoms with van der Waals surface area (Å²) in [5.41, 5.74) is 5.62. The third-order valence-corrected chi connectivity index (χ3v) is 6.51. The molecule has 3 amide bonds. The number of hydrogen-bond acceptors (Lipinski definition) is 6. The predicted molar refractivity (Wildman–Crippen MR) is 123 cm³/mol. The number of primary amides is 1. The van der Waals surface area contributed by atoms with E-state index < -0.39 is 11.9 Å². The molecule has 1 aromatic heterocycles. The molecular weight excluding hydrogens is 476 g/mol. The first-order chi connectivity index (χ1) is 15.2. The van der Waals surface area contributed by atoms with Gasteiger partial charge in [0, 0.05) is 17.3 Å². The number of hydrogen-bond donors (Lipinski definition) is 4. The standard InChI is InChI=1S/C22H23BrN6O3/c1-22-9-14(21(32)28-17-8-4-7-16(23)27-17)29(15(22)10-22)18(30)11-26-13-6-3-2-5-12(13)19(24)20(25)31/h2-8,14-15,24,26H,9-11H2,1H3,(H2,25,31)(H,27,28,32)/t14-,15?,22-/m0/s1. The molecule has 5 N–H and O–H groups in total. The molecule has 10 heteroatoms. The van der Waals surface area contributed by atoms with Gasteiger partial charge in [-0.3, -0.25) is 19.8 Å². The zero-order chi connectivity index (χ0) is 23.0. The summed E-state index contributed by atoms with van der Waals surface area (Å²) in [6.07, 6.45) is 1.45. The Morgan fingerprint density at radius 1 is 1.22 bits per heavy atom. The van der Waals surface area contributed by atoms with Crippen LogP contribution in [-0.4, -0.2) is 51.9 Å². The van der Waals surface area contributed by atoms with Gasteiger partial charge in [-0.2, -0.15) is 0 Å². The lowest BCUT2D eigenvalue weighted by molar-refractivity contribution is -0.136. The first kappa shape index (κ1) is 21.9. The third-order valence-electron chi connectivity index (χ3n) is 6.07. The Morgan fingerprint density at radius 3 is 2.69 bits per heavy atom. The summed E-state index contributed by atoms with van der Waals surface area (Å²) >= 11 is 3.28. The minimum absolute atomic E-state index is 0.0159. The highest BCUT2D eigenvalue weighted by Gasteiger charge is 2.64. The van der Waals surface area contributed by atoms with Gasteiger partial charge in [-0.1, -0.05) is 31.2 Å². The Labute approximate surface area is 193 Å². The molecule has 1 aliphatic carbocycles. The van der Waals surface area contributed by atoms with E-state index in [-0.39, 0.29) is 35.5 Å². The molecule has 0 radical (unpaired) electrons. The lowest BCUT2D eigenvalue weighted by Gasteiger charge is -2.27. The van der Waals surface area contributed by atoms with Gasteiger partial charge in [0.25, 0.3) is 5.91 Å². The zero-order valence-corrected chi connectivity index (χ0v) is 19.0. The highest BCUT2D eigenvalue weighted by molar-refractivity contribution is 9.10. The Bertz CT molecular complexity index is 1120. The molecule has 0 bridgehead atoms. The molecule has 1 unspecified atom stereocenters. The Hall–Kier alpha value is -3.27. The first-order valence-corrected chi connectivity index (χ1v) is 10.9. The van der Waals surface area contributed by atoms with Gasteiger partial charge in [0.05, 0.1) is 6.54 Å². The van der Waals surface area contributed by atoms with E-state index in [9.17, 15) is 14.4 Å². The number of benzene rings is 1. The van der Waals surface area contributed by atoms with Crippen molar-refractivity contribution in [1.29, 1.82) is 5.41 Å². The molecule has 3 atom stereocenters. The highest BCUT2D eigenvalue weighted by Crippen LogP contribution is 2.59. The van der Waals surface area contributed by atoms with Crippen LogP contribution in [0.4, 0.5) is 11.5 Å². The Balaban J connectivity index is 1.47. The number of piperidine rings is 1. The third kappa shape index (κ3) is 4.22. The number of para-hydroxylation sites is 1. The van der Waals surface area contributed by atoms with Crippen LogP contribution in [0.25, 0.3) is 0 Å². The molecule has 2 fully saturated rings. The Kier molecular flexibility index (Phi) is 5.72. The van der Waals surface area contributed by atoms with Crippen LogP contribution in [0.15, 0.2) is 47.1 Å². The van der Waals surface area contributed by atoms with Crippen LogP contribution in [0.2, 0.25) is 0 Å². The van der Waals surface area contributed by atoms with Gasteiger partial charge in [-0.05, 0) is 52.4 Å². The number of pyridine rings is 1. The van der Waals surface area contributed by atoms with E-state index in [2.05, 4.69) is 38.5 Å². The number of likely N-dealkylation sites (tertiary alicyclic amines) is 1. The molecule has 2 heterocycles. The van der Waals surface area contributed by atoms with Crippen molar-refractivity contribution in [2.75, 3.05) is 17.2 Å². The number of carbonyl (C=O) groups excluding carboxylic acids is 3. The second kappa shape index (κ2) is 8.34. The van der Waals surface area contributed by atoms with Crippen molar-refractivity contribution in [2.45, 2.75) is 31.8 Å². The minimum atomic E-state index is -0.850. The maximum atomic E-state index is 13.1. The van der Waals surface area contributed by atoms with Crippen molar-refractivity contribution in [3.05, 3.63) is 52.6 Å². The maximum absolute atomic E-state index is 13.1. The number of aromatic nitrogens is 1. The molecule has 9 nitrogen and oxygen atoms in total. The normalized spacial score (nSPS) is 23.2.